The van der Waals surface area contributed by atoms with E-state index >= 15 is 0 Å². The molecule has 0 aliphatic heterocycles. The molecule has 0 N–H and O–H groups in total. The number of benzene rings is 1. The Morgan fingerprint density at radius 2 is 2.27 bits per heavy atom. The molecule has 114 valence electrons. The Labute approximate surface area is 131 Å². The molecule has 0 saturated heterocycles. The number of thioether (sulfide) groups is 1. The molecule has 0 amide bonds. The van der Waals surface area contributed by atoms with E-state index in [2.05, 4.69) is 27.2 Å². The predicted octanol–water partition coefficient (Wildman–Crippen LogP) is 2.57. The standard InChI is InChI=1S/C14H15N5O2S/c1-10(11-4-3-5-12(6-11)20-2)22-14-18-17-13(21-14)7-19-9-15-8-16-19/h3-6,8-10H,7H2,1-2H3/t10-/m1/s1. The van der Waals surface area contributed by atoms with Crippen LogP contribution in [0.2, 0.25) is 0 Å². The van der Waals surface area contributed by atoms with E-state index in [1.807, 2.05) is 24.3 Å². The minimum absolute atomic E-state index is 0.176. The largest absolute Gasteiger partial charge is 0.497 e. The molecule has 0 saturated carbocycles. The number of ether oxygens (including phenoxy) is 1. The lowest BCUT2D eigenvalue weighted by Crippen LogP contribution is -1.99. The van der Waals surface area contributed by atoms with E-state index < -0.39 is 0 Å². The second-order valence-electron chi connectivity index (χ2n) is 4.59. The number of methoxy groups -OCH3 is 1. The molecular formula is C14H15N5O2S. The molecule has 0 spiro atoms. The summed E-state index contributed by atoms with van der Waals surface area (Å²) in [5.41, 5.74) is 1.14. The van der Waals surface area contributed by atoms with E-state index in [0.717, 1.165) is 11.3 Å². The zero-order valence-corrected chi connectivity index (χ0v) is 13.0. The van der Waals surface area contributed by atoms with Crippen LogP contribution in [-0.2, 0) is 6.54 Å². The molecule has 8 heteroatoms. The molecule has 0 fully saturated rings. The Morgan fingerprint density at radius 1 is 1.36 bits per heavy atom. The molecule has 3 rings (SSSR count). The average Bonchev–Trinajstić information content (AvgIpc) is 3.20. The van der Waals surface area contributed by atoms with Crippen LogP contribution in [-0.4, -0.2) is 32.1 Å². The molecular weight excluding hydrogens is 302 g/mol. The van der Waals surface area contributed by atoms with Crippen LogP contribution in [0, 0.1) is 0 Å². The molecule has 0 unspecified atom stereocenters. The van der Waals surface area contributed by atoms with Crippen molar-refractivity contribution < 1.29 is 9.15 Å². The van der Waals surface area contributed by atoms with Gasteiger partial charge in [0.2, 0.25) is 5.89 Å². The van der Waals surface area contributed by atoms with Gasteiger partial charge >= 0.3 is 0 Å². The van der Waals surface area contributed by atoms with Gasteiger partial charge in [-0.3, -0.25) is 0 Å². The normalized spacial score (nSPS) is 12.3. The highest BCUT2D eigenvalue weighted by Crippen LogP contribution is 2.35. The number of nitrogens with zero attached hydrogens (tertiary/aromatic N) is 5. The SMILES string of the molecule is COc1cccc([C@@H](C)Sc2nnc(Cn3cncn3)o2)c1. The van der Waals surface area contributed by atoms with Gasteiger partial charge in [0.05, 0.1) is 7.11 Å². The van der Waals surface area contributed by atoms with Crippen molar-refractivity contribution >= 4 is 11.8 Å². The van der Waals surface area contributed by atoms with Gasteiger partial charge in [0.25, 0.3) is 5.22 Å². The van der Waals surface area contributed by atoms with E-state index in [-0.39, 0.29) is 5.25 Å². The van der Waals surface area contributed by atoms with Gasteiger partial charge in [-0.2, -0.15) is 5.10 Å². The van der Waals surface area contributed by atoms with Crippen LogP contribution in [0.15, 0.2) is 46.6 Å². The second kappa shape index (κ2) is 6.61. The van der Waals surface area contributed by atoms with Crippen molar-refractivity contribution in [3.63, 3.8) is 0 Å². The van der Waals surface area contributed by atoms with Crippen LogP contribution in [0.1, 0.15) is 23.6 Å². The lowest BCUT2D eigenvalue weighted by molar-refractivity contribution is 0.397. The van der Waals surface area contributed by atoms with Crippen molar-refractivity contribution in [1.82, 2.24) is 25.0 Å². The molecule has 7 nitrogen and oxygen atoms in total. The first-order valence-electron chi connectivity index (χ1n) is 6.70. The van der Waals surface area contributed by atoms with Gasteiger partial charge in [-0.15, -0.1) is 10.2 Å². The minimum Gasteiger partial charge on any atom is -0.497 e. The van der Waals surface area contributed by atoms with E-state index in [1.165, 1.54) is 18.1 Å². The third-order valence-corrected chi connectivity index (χ3v) is 4.05. The molecule has 0 aliphatic rings. The maximum atomic E-state index is 5.63. The summed E-state index contributed by atoms with van der Waals surface area (Å²) < 4.78 is 12.5. The molecule has 2 heterocycles. The highest BCUT2D eigenvalue weighted by molar-refractivity contribution is 7.99. The first-order chi connectivity index (χ1) is 10.7. The summed E-state index contributed by atoms with van der Waals surface area (Å²) >= 11 is 1.51. The number of hydrogen-bond donors (Lipinski definition) is 0. The number of rotatable bonds is 6. The van der Waals surface area contributed by atoms with E-state index in [1.54, 1.807) is 18.1 Å². The van der Waals surface area contributed by atoms with Gasteiger partial charge in [-0.05, 0) is 24.6 Å². The Hall–Kier alpha value is -2.35. The van der Waals surface area contributed by atoms with Crippen LogP contribution in [0.25, 0.3) is 0 Å². The Kier molecular flexibility index (Phi) is 4.38. The zero-order chi connectivity index (χ0) is 15.4. The highest BCUT2D eigenvalue weighted by atomic mass is 32.2. The van der Waals surface area contributed by atoms with Crippen molar-refractivity contribution in [2.24, 2.45) is 0 Å². The molecule has 3 aromatic rings. The Bertz CT molecular complexity index is 728. The van der Waals surface area contributed by atoms with Crippen LogP contribution in [0.5, 0.6) is 5.75 Å². The van der Waals surface area contributed by atoms with Gasteiger partial charge in [0, 0.05) is 5.25 Å². The molecule has 22 heavy (non-hydrogen) atoms. The van der Waals surface area contributed by atoms with Crippen molar-refractivity contribution in [1.29, 1.82) is 0 Å². The van der Waals surface area contributed by atoms with Gasteiger partial charge in [-0.25, -0.2) is 9.67 Å². The van der Waals surface area contributed by atoms with E-state index in [0.29, 0.717) is 17.7 Å². The minimum atomic E-state index is 0.176. The predicted molar refractivity (Wildman–Crippen MR) is 80.7 cm³/mol. The first-order valence-corrected chi connectivity index (χ1v) is 7.58. The summed E-state index contributed by atoms with van der Waals surface area (Å²) in [6.45, 7) is 2.50. The molecule has 0 aliphatic carbocycles. The maximum absolute atomic E-state index is 5.63. The molecule has 1 atom stereocenters. The van der Waals surface area contributed by atoms with Gasteiger partial charge in [0.15, 0.2) is 0 Å². The fourth-order valence-corrected chi connectivity index (χ4v) is 2.73. The molecule has 0 bridgehead atoms. The summed E-state index contributed by atoms with van der Waals surface area (Å²) in [4.78, 5) is 3.87. The Morgan fingerprint density at radius 3 is 3.05 bits per heavy atom. The second-order valence-corrected chi connectivity index (χ2v) is 5.88. The van der Waals surface area contributed by atoms with Crippen LogP contribution >= 0.6 is 11.8 Å². The lowest BCUT2D eigenvalue weighted by Gasteiger charge is -2.10. The topological polar surface area (TPSA) is 78.9 Å². The summed E-state index contributed by atoms with van der Waals surface area (Å²) in [6, 6.07) is 7.94. The fraction of sp³-hybridized carbons (Fsp3) is 0.286. The lowest BCUT2D eigenvalue weighted by atomic mass is 10.1. The molecule has 1 aromatic carbocycles. The summed E-state index contributed by atoms with van der Waals surface area (Å²) in [5, 5.41) is 12.8. The van der Waals surface area contributed by atoms with E-state index in [4.69, 9.17) is 9.15 Å². The monoisotopic (exact) mass is 317 g/mol. The van der Waals surface area contributed by atoms with Gasteiger partial charge in [0.1, 0.15) is 24.9 Å². The van der Waals surface area contributed by atoms with Crippen molar-refractivity contribution in [3.8, 4) is 5.75 Å². The highest BCUT2D eigenvalue weighted by Gasteiger charge is 2.14. The van der Waals surface area contributed by atoms with Crippen molar-refractivity contribution in [2.45, 2.75) is 23.9 Å². The fourth-order valence-electron chi connectivity index (χ4n) is 1.92. The van der Waals surface area contributed by atoms with Crippen LogP contribution < -0.4 is 4.74 Å². The Balaban J connectivity index is 1.66. The molecule has 2 aromatic heterocycles. The number of hydrogen-bond acceptors (Lipinski definition) is 7. The smallest absolute Gasteiger partial charge is 0.277 e. The maximum Gasteiger partial charge on any atom is 0.277 e. The van der Waals surface area contributed by atoms with Crippen LogP contribution in [0.4, 0.5) is 0 Å². The third-order valence-electron chi connectivity index (χ3n) is 3.05. The zero-order valence-electron chi connectivity index (χ0n) is 12.2. The van der Waals surface area contributed by atoms with Crippen molar-refractivity contribution in [2.75, 3.05) is 7.11 Å². The van der Waals surface area contributed by atoms with Gasteiger partial charge in [-0.1, -0.05) is 23.9 Å². The quantitative estimate of drug-likeness (QED) is 0.646. The summed E-state index contributed by atoms with van der Waals surface area (Å²) in [5.74, 6) is 1.34. The van der Waals surface area contributed by atoms with Crippen LogP contribution in [0.3, 0.4) is 0 Å². The van der Waals surface area contributed by atoms with Crippen molar-refractivity contribution in [3.05, 3.63) is 48.4 Å². The van der Waals surface area contributed by atoms with Gasteiger partial charge < -0.3 is 9.15 Å². The first kappa shape index (κ1) is 14.6. The summed E-state index contributed by atoms with van der Waals surface area (Å²) in [6.07, 6.45) is 3.08. The third kappa shape index (κ3) is 3.45. The number of aromatic nitrogens is 5. The molecule has 0 radical (unpaired) electrons. The summed E-state index contributed by atoms with van der Waals surface area (Å²) in [7, 11) is 1.66. The average molecular weight is 317 g/mol. The van der Waals surface area contributed by atoms with E-state index in [9.17, 15) is 0 Å².